The summed E-state index contributed by atoms with van der Waals surface area (Å²) >= 11 is 12.3. The molecule has 2 aromatic carbocycles. The van der Waals surface area contributed by atoms with E-state index in [0.717, 1.165) is 5.56 Å². The van der Waals surface area contributed by atoms with Crippen molar-refractivity contribution in [3.05, 3.63) is 76.0 Å². The molecule has 7 heteroatoms. The molecule has 5 nitrogen and oxygen atoms in total. The fourth-order valence-electron chi connectivity index (χ4n) is 2.84. The van der Waals surface area contributed by atoms with Gasteiger partial charge in [-0.1, -0.05) is 53.5 Å². The SMILES string of the molecule is COC(=O)C(Cc1ccccc1Cl)N1CC(Oc2ccccc2Cl)=CC1=O. The summed E-state index contributed by atoms with van der Waals surface area (Å²) in [6, 6.07) is 13.3. The maximum absolute atomic E-state index is 12.5. The minimum Gasteiger partial charge on any atom is -0.467 e. The van der Waals surface area contributed by atoms with E-state index in [4.69, 9.17) is 32.7 Å². The van der Waals surface area contributed by atoms with Crippen LogP contribution in [0.1, 0.15) is 5.56 Å². The van der Waals surface area contributed by atoms with Gasteiger partial charge >= 0.3 is 5.97 Å². The van der Waals surface area contributed by atoms with Gasteiger partial charge in [0.25, 0.3) is 5.91 Å². The van der Waals surface area contributed by atoms with Gasteiger partial charge in [0.1, 0.15) is 17.6 Å². The number of para-hydroxylation sites is 1. The summed E-state index contributed by atoms with van der Waals surface area (Å²) in [6.45, 7) is 0.133. The Hall–Kier alpha value is -2.50. The lowest BCUT2D eigenvalue weighted by atomic mass is 10.0. The molecule has 0 aromatic heterocycles. The van der Waals surface area contributed by atoms with Crippen molar-refractivity contribution in [1.29, 1.82) is 0 Å². The zero-order valence-corrected chi connectivity index (χ0v) is 16.0. The van der Waals surface area contributed by atoms with Crippen molar-refractivity contribution in [2.24, 2.45) is 0 Å². The molecule has 1 heterocycles. The van der Waals surface area contributed by atoms with Gasteiger partial charge in [0, 0.05) is 17.5 Å². The summed E-state index contributed by atoms with van der Waals surface area (Å²) in [6.07, 6.45) is 1.59. The predicted molar refractivity (Wildman–Crippen MR) is 103 cm³/mol. The molecular weight excluding hydrogens is 389 g/mol. The number of hydrogen-bond donors (Lipinski definition) is 0. The molecule has 0 spiro atoms. The minimum absolute atomic E-state index is 0.133. The Kier molecular flexibility index (Phi) is 6.04. The Morgan fingerprint density at radius 1 is 1.11 bits per heavy atom. The van der Waals surface area contributed by atoms with Gasteiger partial charge in [-0.3, -0.25) is 4.79 Å². The molecule has 140 valence electrons. The Morgan fingerprint density at radius 3 is 2.44 bits per heavy atom. The van der Waals surface area contributed by atoms with Gasteiger partial charge in [0.15, 0.2) is 0 Å². The third-order valence-corrected chi connectivity index (χ3v) is 4.87. The van der Waals surface area contributed by atoms with Gasteiger partial charge in [0.2, 0.25) is 0 Å². The Labute approximate surface area is 167 Å². The zero-order valence-electron chi connectivity index (χ0n) is 14.5. The highest BCUT2D eigenvalue weighted by Crippen LogP contribution is 2.28. The van der Waals surface area contributed by atoms with Crippen LogP contribution in [-0.2, 0) is 20.7 Å². The van der Waals surface area contributed by atoms with Crippen molar-refractivity contribution in [1.82, 2.24) is 4.90 Å². The van der Waals surface area contributed by atoms with E-state index in [1.54, 1.807) is 36.4 Å². The number of rotatable bonds is 6. The van der Waals surface area contributed by atoms with E-state index >= 15 is 0 Å². The molecule has 1 amide bonds. The summed E-state index contributed by atoms with van der Waals surface area (Å²) in [5.41, 5.74) is 0.753. The topological polar surface area (TPSA) is 55.8 Å². The molecule has 2 aromatic rings. The summed E-state index contributed by atoms with van der Waals surface area (Å²) in [7, 11) is 1.29. The summed E-state index contributed by atoms with van der Waals surface area (Å²) in [5, 5.41) is 0.962. The van der Waals surface area contributed by atoms with Crippen LogP contribution in [-0.4, -0.2) is 36.5 Å². The number of nitrogens with zero attached hydrogens (tertiary/aromatic N) is 1. The van der Waals surface area contributed by atoms with Crippen molar-refractivity contribution in [3.8, 4) is 5.75 Å². The van der Waals surface area contributed by atoms with E-state index < -0.39 is 12.0 Å². The van der Waals surface area contributed by atoms with Crippen molar-refractivity contribution in [2.45, 2.75) is 12.5 Å². The van der Waals surface area contributed by atoms with Crippen molar-refractivity contribution in [3.63, 3.8) is 0 Å². The Balaban J connectivity index is 1.78. The number of carbonyl (C=O) groups excluding carboxylic acids is 2. The highest BCUT2D eigenvalue weighted by molar-refractivity contribution is 6.32. The highest BCUT2D eigenvalue weighted by atomic mass is 35.5. The second-order valence-electron chi connectivity index (χ2n) is 5.94. The first kappa shape index (κ1) is 19.3. The van der Waals surface area contributed by atoms with Gasteiger partial charge in [-0.05, 0) is 23.8 Å². The van der Waals surface area contributed by atoms with Crippen LogP contribution in [0.5, 0.6) is 5.75 Å². The number of ether oxygens (including phenoxy) is 2. The number of carbonyl (C=O) groups is 2. The fourth-order valence-corrected chi connectivity index (χ4v) is 3.22. The lowest BCUT2D eigenvalue weighted by Gasteiger charge is -2.26. The molecule has 0 bridgehead atoms. The molecule has 1 atom stereocenters. The first-order valence-electron chi connectivity index (χ1n) is 8.24. The van der Waals surface area contributed by atoms with Crippen LogP contribution >= 0.6 is 23.2 Å². The van der Waals surface area contributed by atoms with Crippen LogP contribution in [0, 0.1) is 0 Å². The average Bonchev–Trinajstić information content (AvgIpc) is 3.02. The summed E-state index contributed by atoms with van der Waals surface area (Å²) in [5.74, 6) is -0.00267. The average molecular weight is 406 g/mol. The Bertz CT molecular complexity index is 897. The molecule has 27 heavy (non-hydrogen) atoms. The van der Waals surface area contributed by atoms with E-state index in [2.05, 4.69) is 0 Å². The summed E-state index contributed by atoms with van der Waals surface area (Å²) < 4.78 is 10.6. The number of hydrogen-bond acceptors (Lipinski definition) is 4. The monoisotopic (exact) mass is 405 g/mol. The first-order valence-corrected chi connectivity index (χ1v) is 9.00. The van der Waals surface area contributed by atoms with Crippen LogP contribution in [0.15, 0.2) is 60.4 Å². The quantitative estimate of drug-likeness (QED) is 0.684. The van der Waals surface area contributed by atoms with Gasteiger partial charge in [0.05, 0.1) is 18.7 Å². The third-order valence-electron chi connectivity index (χ3n) is 4.19. The molecule has 0 fully saturated rings. The van der Waals surface area contributed by atoms with Gasteiger partial charge in [-0.25, -0.2) is 4.79 Å². The van der Waals surface area contributed by atoms with Crippen LogP contribution < -0.4 is 4.74 Å². The molecule has 3 rings (SSSR count). The number of halogens is 2. The Morgan fingerprint density at radius 2 is 1.78 bits per heavy atom. The molecule has 1 unspecified atom stereocenters. The molecule has 1 aliphatic heterocycles. The zero-order chi connectivity index (χ0) is 19.4. The van der Waals surface area contributed by atoms with Crippen molar-refractivity contribution >= 4 is 35.1 Å². The number of benzene rings is 2. The van der Waals surface area contributed by atoms with Crippen LogP contribution in [0.3, 0.4) is 0 Å². The van der Waals surface area contributed by atoms with Crippen molar-refractivity contribution < 1.29 is 19.1 Å². The maximum atomic E-state index is 12.5. The first-order chi connectivity index (χ1) is 13.0. The second kappa shape index (κ2) is 8.46. The van der Waals surface area contributed by atoms with Gasteiger partial charge in [-0.2, -0.15) is 0 Å². The maximum Gasteiger partial charge on any atom is 0.328 e. The highest BCUT2D eigenvalue weighted by Gasteiger charge is 2.35. The lowest BCUT2D eigenvalue weighted by molar-refractivity contribution is -0.150. The number of amides is 1. The van der Waals surface area contributed by atoms with E-state index in [-0.39, 0.29) is 18.9 Å². The smallest absolute Gasteiger partial charge is 0.328 e. The molecule has 0 radical (unpaired) electrons. The predicted octanol–water partition coefficient (Wildman–Crippen LogP) is 3.88. The molecule has 0 N–H and O–H groups in total. The lowest BCUT2D eigenvalue weighted by Crippen LogP contribution is -2.45. The van der Waals surface area contributed by atoms with E-state index in [1.807, 2.05) is 12.1 Å². The standard InChI is InChI=1S/C20H17Cl2NO4/c1-26-20(25)17(10-13-6-2-3-7-15(13)21)23-12-14(11-19(23)24)27-18-9-5-4-8-16(18)22/h2-9,11,17H,10,12H2,1H3. The van der Waals surface area contributed by atoms with Gasteiger partial charge < -0.3 is 14.4 Å². The third kappa shape index (κ3) is 4.43. The van der Waals surface area contributed by atoms with Gasteiger partial charge in [-0.15, -0.1) is 0 Å². The van der Waals surface area contributed by atoms with E-state index in [9.17, 15) is 9.59 Å². The number of methoxy groups -OCH3 is 1. The molecule has 1 aliphatic rings. The molecular formula is C20H17Cl2NO4. The molecule has 0 saturated carbocycles. The van der Waals surface area contributed by atoms with Crippen LogP contribution in [0.25, 0.3) is 0 Å². The van der Waals surface area contributed by atoms with E-state index in [0.29, 0.717) is 21.6 Å². The normalized spacial score (nSPS) is 14.7. The van der Waals surface area contributed by atoms with Crippen LogP contribution in [0.2, 0.25) is 10.0 Å². The minimum atomic E-state index is -0.814. The fraction of sp³-hybridized carbons (Fsp3) is 0.200. The van der Waals surface area contributed by atoms with E-state index in [1.165, 1.54) is 18.1 Å². The number of esters is 1. The molecule has 0 aliphatic carbocycles. The van der Waals surface area contributed by atoms with Crippen molar-refractivity contribution in [2.75, 3.05) is 13.7 Å². The molecule has 0 saturated heterocycles. The second-order valence-corrected chi connectivity index (χ2v) is 6.76. The largest absolute Gasteiger partial charge is 0.467 e. The van der Waals surface area contributed by atoms with Crippen LogP contribution in [0.4, 0.5) is 0 Å². The summed E-state index contributed by atoms with van der Waals surface area (Å²) in [4.78, 5) is 26.2.